The van der Waals surface area contributed by atoms with Gasteiger partial charge in [-0.15, -0.1) is 0 Å². The number of nitrogen functional groups attached to an aromatic ring is 1. The zero-order valence-corrected chi connectivity index (χ0v) is 13.1. The summed E-state index contributed by atoms with van der Waals surface area (Å²) in [7, 11) is -2.05. The predicted octanol–water partition coefficient (Wildman–Crippen LogP) is -0.838. The monoisotopic (exact) mass is 340 g/mol. The molecule has 1 amide bonds. The molecule has 1 aliphatic rings. The average molecular weight is 340 g/mol. The standard InChI is InChI=1S/C12H17N6O4P/c13-12-15-10-9(11(20)16-12)14-6-18(10)7-1-3-17(5-7)8(19)2-4-23(21)22/h6-7,21-22H,1-5H2,(H3,13,15,16,20). The number of H-pyrrole nitrogens is 1. The summed E-state index contributed by atoms with van der Waals surface area (Å²) in [6, 6.07) is -0.0394. The molecule has 0 aromatic carbocycles. The van der Waals surface area contributed by atoms with Crippen LogP contribution in [0.3, 0.4) is 0 Å². The number of likely N-dealkylation sites (tertiary alicyclic amines) is 1. The first kappa shape index (κ1) is 15.9. The number of rotatable bonds is 4. The van der Waals surface area contributed by atoms with Crippen LogP contribution in [-0.2, 0) is 4.79 Å². The molecule has 11 heteroatoms. The van der Waals surface area contributed by atoms with E-state index in [0.717, 1.165) is 0 Å². The van der Waals surface area contributed by atoms with Gasteiger partial charge in [-0.1, -0.05) is 0 Å². The van der Waals surface area contributed by atoms with Gasteiger partial charge < -0.3 is 25.0 Å². The van der Waals surface area contributed by atoms with Gasteiger partial charge in [-0.25, -0.2) is 4.98 Å². The first-order valence-corrected chi connectivity index (χ1v) is 8.54. The van der Waals surface area contributed by atoms with Crippen molar-refractivity contribution in [1.82, 2.24) is 24.4 Å². The summed E-state index contributed by atoms with van der Waals surface area (Å²) in [4.78, 5) is 53.9. The Hall–Kier alpha value is -2.03. The van der Waals surface area contributed by atoms with Crippen molar-refractivity contribution in [2.24, 2.45) is 0 Å². The van der Waals surface area contributed by atoms with Crippen LogP contribution in [0.2, 0.25) is 0 Å². The highest BCUT2D eigenvalue weighted by atomic mass is 31.2. The zero-order chi connectivity index (χ0) is 16.6. The molecule has 0 radical (unpaired) electrons. The molecule has 1 unspecified atom stereocenters. The lowest BCUT2D eigenvalue weighted by Crippen LogP contribution is -2.29. The SMILES string of the molecule is Nc1nc2c(ncn2C2CCN(C(=O)CCP(O)O)C2)c(=O)[nH]1. The highest BCUT2D eigenvalue weighted by molar-refractivity contribution is 7.45. The molecular formula is C12H17N6O4P. The van der Waals surface area contributed by atoms with E-state index in [2.05, 4.69) is 15.0 Å². The molecule has 1 atom stereocenters. The first-order valence-electron chi connectivity index (χ1n) is 7.11. The zero-order valence-electron chi connectivity index (χ0n) is 12.2. The van der Waals surface area contributed by atoms with Gasteiger partial charge in [-0.2, -0.15) is 4.98 Å². The van der Waals surface area contributed by atoms with E-state index in [4.69, 9.17) is 15.5 Å². The van der Waals surface area contributed by atoms with Gasteiger partial charge in [0.15, 0.2) is 19.5 Å². The first-order chi connectivity index (χ1) is 11.0. The molecule has 10 nitrogen and oxygen atoms in total. The third kappa shape index (κ3) is 3.19. The number of carbonyl (C=O) groups excluding carboxylic acids is 1. The molecule has 0 bridgehead atoms. The molecule has 1 saturated heterocycles. The minimum absolute atomic E-state index is 0.0226. The summed E-state index contributed by atoms with van der Waals surface area (Å²) in [6.45, 7) is 1.03. The van der Waals surface area contributed by atoms with E-state index in [1.165, 1.54) is 6.33 Å². The molecular weight excluding hydrogens is 323 g/mol. The number of nitrogens with zero attached hydrogens (tertiary/aromatic N) is 4. The van der Waals surface area contributed by atoms with Crippen molar-refractivity contribution in [3.8, 4) is 0 Å². The Morgan fingerprint density at radius 2 is 2.30 bits per heavy atom. The average Bonchev–Trinajstić information content (AvgIpc) is 3.10. The van der Waals surface area contributed by atoms with E-state index >= 15 is 0 Å². The number of aromatic amines is 1. The summed E-state index contributed by atoms with van der Waals surface area (Å²) in [6.07, 6.45) is 2.43. The van der Waals surface area contributed by atoms with Gasteiger partial charge in [-0.3, -0.25) is 14.6 Å². The van der Waals surface area contributed by atoms with Crippen LogP contribution >= 0.6 is 8.38 Å². The van der Waals surface area contributed by atoms with Crippen LogP contribution in [0, 0.1) is 0 Å². The summed E-state index contributed by atoms with van der Waals surface area (Å²) < 4.78 is 1.76. The topological polar surface area (TPSA) is 150 Å². The van der Waals surface area contributed by atoms with Crippen molar-refractivity contribution >= 4 is 31.4 Å². The van der Waals surface area contributed by atoms with Crippen molar-refractivity contribution in [2.75, 3.05) is 25.0 Å². The van der Waals surface area contributed by atoms with Crippen LogP contribution in [0.5, 0.6) is 0 Å². The third-order valence-corrected chi connectivity index (χ3v) is 4.51. The van der Waals surface area contributed by atoms with Crippen LogP contribution in [0.4, 0.5) is 5.95 Å². The fourth-order valence-corrected chi connectivity index (χ4v) is 3.15. The van der Waals surface area contributed by atoms with E-state index in [1.807, 2.05) is 0 Å². The van der Waals surface area contributed by atoms with Crippen molar-refractivity contribution in [3.05, 3.63) is 16.7 Å². The van der Waals surface area contributed by atoms with Crippen LogP contribution in [-0.4, -0.2) is 59.4 Å². The lowest BCUT2D eigenvalue weighted by Gasteiger charge is -2.17. The second-order valence-corrected chi connectivity index (χ2v) is 6.60. The van der Waals surface area contributed by atoms with Crippen LogP contribution in [0.15, 0.2) is 11.1 Å². The summed E-state index contributed by atoms with van der Waals surface area (Å²) in [5, 5.41) is 0. The highest BCUT2D eigenvalue weighted by Gasteiger charge is 2.29. The minimum atomic E-state index is -2.05. The maximum atomic E-state index is 12.0. The number of anilines is 1. The number of imidazole rings is 1. The lowest BCUT2D eigenvalue weighted by molar-refractivity contribution is -0.129. The predicted molar refractivity (Wildman–Crippen MR) is 83.6 cm³/mol. The number of nitrogens with two attached hydrogens (primary N) is 1. The number of hydrogen-bond donors (Lipinski definition) is 4. The van der Waals surface area contributed by atoms with Gasteiger partial charge in [0.25, 0.3) is 5.56 Å². The van der Waals surface area contributed by atoms with E-state index in [1.54, 1.807) is 9.47 Å². The molecule has 3 heterocycles. The quantitative estimate of drug-likeness (QED) is 0.530. The molecule has 3 rings (SSSR count). The number of hydrogen-bond acceptors (Lipinski definition) is 7. The lowest BCUT2D eigenvalue weighted by atomic mass is 10.2. The number of amides is 1. The largest absolute Gasteiger partial charge is 0.369 e. The van der Waals surface area contributed by atoms with Crippen molar-refractivity contribution in [3.63, 3.8) is 0 Å². The second-order valence-electron chi connectivity index (χ2n) is 5.40. The summed E-state index contributed by atoms with van der Waals surface area (Å²) in [5.74, 6) is -0.0905. The Kier molecular flexibility index (Phi) is 4.29. The second kappa shape index (κ2) is 6.23. The normalized spacial score (nSPS) is 18.2. The smallest absolute Gasteiger partial charge is 0.280 e. The molecule has 0 saturated carbocycles. The molecule has 0 spiro atoms. The molecule has 1 aliphatic heterocycles. The van der Waals surface area contributed by atoms with Gasteiger partial charge in [0, 0.05) is 25.7 Å². The van der Waals surface area contributed by atoms with Crippen LogP contribution in [0.25, 0.3) is 11.2 Å². The van der Waals surface area contributed by atoms with E-state index < -0.39 is 13.9 Å². The molecule has 1 fully saturated rings. The Morgan fingerprint density at radius 1 is 1.52 bits per heavy atom. The number of carbonyl (C=O) groups is 1. The number of fused-ring (bicyclic) bond motifs is 1. The van der Waals surface area contributed by atoms with Gasteiger partial charge in [0.1, 0.15) is 0 Å². The van der Waals surface area contributed by atoms with Gasteiger partial charge in [0.2, 0.25) is 11.9 Å². The van der Waals surface area contributed by atoms with E-state index in [0.29, 0.717) is 25.2 Å². The molecule has 2 aromatic rings. The summed E-state index contributed by atoms with van der Waals surface area (Å²) in [5.41, 5.74) is 5.81. The van der Waals surface area contributed by atoms with Gasteiger partial charge >= 0.3 is 0 Å². The molecule has 5 N–H and O–H groups in total. The van der Waals surface area contributed by atoms with Crippen molar-refractivity contribution < 1.29 is 14.6 Å². The van der Waals surface area contributed by atoms with Gasteiger partial charge in [0.05, 0.1) is 12.4 Å². The minimum Gasteiger partial charge on any atom is -0.369 e. The highest BCUT2D eigenvalue weighted by Crippen LogP contribution is 2.27. The molecule has 124 valence electrons. The Bertz CT molecular complexity index is 787. The number of aromatic nitrogens is 4. The van der Waals surface area contributed by atoms with Crippen molar-refractivity contribution in [1.29, 1.82) is 0 Å². The molecule has 2 aromatic heterocycles. The Labute approximate surface area is 131 Å². The van der Waals surface area contributed by atoms with Crippen molar-refractivity contribution in [2.45, 2.75) is 18.9 Å². The fourth-order valence-electron chi connectivity index (χ4n) is 2.76. The van der Waals surface area contributed by atoms with Gasteiger partial charge in [-0.05, 0) is 6.42 Å². The number of nitrogens with one attached hydrogen (secondary N) is 1. The Balaban J connectivity index is 1.77. The maximum Gasteiger partial charge on any atom is 0.280 e. The summed E-state index contributed by atoms with van der Waals surface area (Å²) >= 11 is 0. The Morgan fingerprint density at radius 3 is 3.04 bits per heavy atom. The molecule has 23 heavy (non-hydrogen) atoms. The third-order valence-electron chi connectivity index (χ3n) is 3.89. The maximum absolute atomic E-state index is 12.0. The van der Waals surface area contributed by atoms with E-state index in [-0.39, 0.29) is 36.0 Å². The van der Waals surface area contributed by atoms with Crippen LogP contribution < -0.4 is 11.3 Å². The van der Waals surface area contributed by atoms with Crippen LogP contribution in [0.1, 0.15) is 18.9 Å². The fraction of sp³-hybridized carbons (Fsp3) is 0.500. The van der Waals surface area contributed by atoms with E-state index in [9.17, 15) is 9.59 Å². The molecule has 0 aliphatic carbocycles.